The second-order valence-electron chi connectivity index (χ2n) is 5.01. The fourth-order valence-electron chi connectivity index (χ4n) is 1.98. The molecule has 0 saturated carbocycles. The highest BCUT2D eigenvalue weighted by Crippen LogP contribution is 2.24. The molecule has 0 aliphatic heterocycles. The second-order valence-corrected chi connectivity index (χ2v) is 7.10. The number of nitrogens with one attached hydrogen (secondary N) is 1. The Morgan fingerprint density at radius 1 is 1.43 bits per heavy atom. The van der Waals surface area contributed by atoms with Crippen molar-refractivity contribution in [3.05, 3.63) is 36.7 Å². The molecule has 3 N–H and O–H groups in total. The highest BCUT2D eigenvalue weighted by Gasteiger charge is 2.32. The third kappa shape index (κ3) is 3.04. The summed E-state index contributed by atoms with van der Waals surface area (Å²) in [5, 5.41) is 1.37. The predicted octanol–water partition coefficient (Wildman–Crippen LogP) is 1.97. The molecule has 1 unspecified atom stereocenters. The first kappa shape index (κ1) is 15.8. The largest absolute Gasteiger partial charge is 0.392 e. The van der Waals surface area contributed by atoms with E-state index >= 15 is 0 Å². The molecule has 1 aromatic heterocycles. The molecule has 1 heterocycles. The number of thiocarbonyl (C=S) groups is 1. The van der Waals surface area contributed by atoms with Crippen LogP contribution >= 0.6 is 12.2 Å². The molecule has 112 valence electrons. The number of fused-ring (bicyclic) bond motifs is 1. The number of pyridine rings is 1. The summed E-state index contributed by atoms with van der Waals surface area (Å²) in [6, 6.07) is 6.73. The Morgan fingerprint density at radius 3 is 2.76 bits per heavy atom. The fourth-order valence-corrected chi connectivity index (χ4v) is 3.93. The standard InChI is InChI=1S/C14H17N3O2S2/c1-3-14(2,13(15)20)17-21(18,19)12-6-4-5-10-9-16-8-7-11(10)12/h4-9,17H,3H2,1-2H3,(H2,15,20). The van der Waals surface area contributed by atoms with Crippen LogP contribution in [0.3, 0.4) is 0 Å². The Labute approximate surface area is 129 Å². The van der Waals surface area contributed by atoms with Gasteiger partial charge in [-0.25, -0.2) is 8.42 Å². The van der Waals surface area contributed by atoms with E-state index in [9.17, 15) is 8.42 Å². The van der Waals surface area contributed by atoms with Gasteiger partial charge < -0.3 is 5.73 Å². The minimum atomic E-state index is -3.75. The number of sulfonamides is 1. The van der Waals surface area contributed by atoms with E-state index < -0.39 is 15.6 Å². The zero-order chi connectivity index (χ0) is 15.7. The van der Waals surface area contributed by atoms with E-state index in [0.717, 1.165) is 5.39 Å². The van der Waals surface area contributed by atoms with Crippen LogP contribution in [0.25, 0.3) is 10.8 Å². The minimum Gasteiger partial charge on any atom is -0.392 e. The summed E-state index contributed by atoms with van der Waals surface area (Å²) in [6.45, 7) is 3.51. The van der Waals surface area contributed by atoms with Gasteiger partial charge in [0.1, 0.15) is 0 Å². The van der Waals surface area contributed by atoms with Crippen LogP contribution in [0.2, 0.25) is 0 Å². The van der Waals surface area contributed by atoms with Crippen molar-refractivity contribution in [3.8, 4) is 0 Å². The van der Waals surface area contributed by atoms with Gasteiger partial charge in [0.15, 0.2) is 0 Å². The average Bonchev–Trinajstić information content (AvgIpc) is 2.45. The molecule has 7 heteroatoms. The van der Waals surface area contributed by atoms with Crippen molar-refractivity contribution < 1.29 is 8.42 Å². The summed E-state index contributed by atoms with van der Waals surface area (Å²) in [7, 11) is -3.75. The molecule has 0 amide bonds. The van der Waals surface area contributed by atoms with Gasteiger partial charge in [-0.15, -0.1) is 0 Å². The highest BCUT2D eigenvalue weighted by atomic mass is 32.2. The van der Waals surface area contributed by atoms with Crippen molar-refractivity contribution in [3.63, 3.8) is 0 Å². The van der Waals surface area contributed by atoms with Gasteiger partial charge in [0.25, 0.3) is 0 Å². The van der Waals surface area contributed by atoms with E-state index in [4.69, 9.17) is 18.0 Å². The number of nitrogens with two attached hydrogens (primary N) is 1. The van der Waals surface area contributed by atoms with Crippen LogP contribution in [0.4, 0.5) is 0 Å². The summed E-state index contributed by atoms with van der Waals surface area (Å²) >= 11 is 4.98. The molecule has 1 atom stereocenters. The van der Waals surface area contributed by atoms with Gasteiger partial charge >= 0.3 is 0 Å². The van der Waals surface area contributed by atoms with E-state index in [1.165, 1.54) is 0 Å². The van der Waals surface area contributed by atoms with Crippen LogP contribution < -0.4 is 10.5 Å². The van der Waals surface area contributed by atoms with Gasteiger partial charge in [0, 0.05) is 23.2 Å². The lowest BCUT2D eigenvalue weighted by Crippen LogP contribution is -2.53. The first-order valence-corrected chi connectivity index (χ1v) is 8.36. The van der Waals surface area contributed by atoms with E-state index in [1.54, 1.807) is 37.5 Å². The SMILES string of the molecule is CCC(C)(NS(=O)(=O)c1cccc2cnccc12)C(N)=S. The minimum absolute atomic E-state index is 0.121. The number of hydrogen-bond donors (Lipinski definition) is 2. The first-order valence-electron chi connectivity index (χ1n) is 6.47. The molecule has 0 radical (unpaired) electrons. The third-order valence-corrected chi connectivity index (χ3v) is 5.65. The monoisotopic (exact) mass is 323 g/mol. The maximum Gasteiger partial charge on any atom is 0.242 e. The van der Waals surface area contributed by atoms with Gasteiger partial charge in [0.2, 0.25) is 10.0 Å². The van der Waals surface area contributed by atoms with Gasteiger partial charge in [0.05, 0.1) is 15.4 Å². The fraction of sp³-hybridized carbons (Fsp3) is 0.286. The van der Waals surface area contributed by atoms with Crippen molar-refractivity contribution in [1.29, 1.82) is 0 Å². The lowest BCUT2D eigenvalue weighted by atomic mass is 10.0. The highest BCUT2D eigenvalue weighted by molar-refractivity contribution is 7.90. The number of nitrogens with zero attached hydrogens (tertiary/aromatic N) is 1. The molecule has 2 rings (SSSR count). The van der Waals surface area contributed by atoms with Gasteiger partial charge in [-0.3, -0.25) is 4.98 Å². The normalized spacial score (nSPS) is 14.8. The van der Waals surface area contributed by atoms with Crippen LogP contribution in [0, 0.1) is 0 Å². The zero-order valence-electron chi connectivity index (χ0n) is 11.8. The van der Waals surface area contributed by atoms with Gasteiger partial charge in [-0.05, 0) is 25.5 Å². The molecular formula is C14H17N3O2S2. The van der Waals surface area contributed by atoms with E-state index in [-0.39, 0.29) is 9.88 Å². The third-order valence-electron chi connectivity index (χ3n) is 3.54. The Balaban J connectivity index is 2.55. The number of hydrogen-bond acceptors (Lipinski definition) is 4. The number of benzene rings is 1. The first-order chi connectivity index (χ1) is 9.80. The summed E-state index contributed by atoms with van der Waals surface area (Å²) < 4.78 is 28.0. The van der Waals surface area contributed by atoms with Crippen LogP contribution in [-0.2, 0) is 10.0 Å². The molecule has 0 aliphatic rings. The lowest BCUT2D eigenvalue weighted by Gasteiger charge is -2.28. The van der Waals surface area contributed by atoms with E-state index in [2.05, 4.69) is 9.71 Å². The van der Waals surface area contributed by atoms with Crippen LogP contribution in [-0.4, -0.2) is 23.9 Å². The summed E-state index contributed by atoms with van der Waals surface area (Å²) in [6.07, 6.45) is 3.66. The van der Waals surface area contributed by atoms with Crippen molar-refractivity contribution in [2.24, 2.45) is 5.73 Å². The molecule has 5 nitrogen and oxygen atoms in total. The maximum absolute atomic E-state index is 12.7. The summed E-state index contributed by atoms with van der Waals surface area (Å²) in [4.78, 5) is 4.31. The lowest BCUT2D eigenvalue weighted by molar-refractivity contribution is 0.512. The van der Waals surface area contributed by atoms with E-state index in [1.807, 2.05) is 13.0 Å². The molecule has 0 saturated heterocycles. The van der Waals surface area contributed by atoms with Crippen LogP contribution in [0.15, 0.2) is 41.6 Å². The second kappa shape index (κ2) is 5.67. The average molecular weight is 323 g/mol. The number of rotatable bonds is 5. The Hall–Kier alpha value is -1.57. The molecule has 0 fully saturated rings. The van der Waals surface area contributed by atoms with Crippen molar-refractivity contribution in [2.75, 3.05) is 0 Å². The smallest absolute Gasteiger partial charge is 0.242 e. The van der Waals surface area contributed by atoms with Crippen LogP contribution in [0.5, 0.6) is 0 Å². The van der Waals surface area contributed by atoms with Gasteiger partial charge in [-0.2, -0.15) is 4.72 Å². The van der Waals surface area contributed by atoms with E-state index in [0.29, 0.717) is 11.8 Å². The number of aromatic nitrogens is 1. The Bertz CT molecular complexity index is 784. The molecule has 0 bridgehead atoms. The quantitative estimate of drug-likeness (QED) is 0.822. The molecular weight excluding hydrogens is 306 g/mol. The van der Waals surface area contributed by atoms with Crippen molar-refractivity contribution in [2.45, 2.75) is 30.7 Å². The molecule has 0 spiro atoms. The van der Waals surface area contributed by atoms with Crippen molar-refractivity contribution >= 4 is 38.0 Å². The van der Waals surface area contributed by atoms with Crippen molar-refractivity contribution in [1.82, 2.24) is 9.71 Å². The molecule has 1 aromatic carbocycles. The Morgan fingerprint density at radius 2 is 2.14 bits per heavy atom. The predicted molar refractivity (Wildman–Crippen MR) is 87.5 cm³/mol. The summed E-state index contributed by atoms with van der Waals surface area (Å²) in [5.41, 5.74) is 4.72. The Kier molecular flexibility index (Phi) is 4.27. The zero-order valence-corrected chi connectivity index (χ0v) is 13.5. The summed E-state index contributed by atoms with van der Waals surface area (Å²) in [5.74, 6) is 0. The van der Waals surface area contributed by atoms with Crippen LogP contribution in [0.1, 0.15) is 20.3 Å². The molecule has 0 aliphatic carbocycles. The maximum atomic E-state index is 12.7. The topological polar surface area (TPSA) is 85.1 Å². The molecule has 21 heavy (non-hydrogen) atoms. The molecule has 2 aromatic rings. The van der Waals surface area contributed by atoms with Gasteiger partial charge in [-0.1, -0.05) is 31.3 Å².